The van der Waals surface area contributed by atoms with Crippen molar-refractivity contribution >= 4 is 21.7 Å². The maximum Gasteiger partial charge on any atom is 0.0906 e. The van der Waals surface area contributed by atoms with E-state index >= 15 is 0 Å². The van der Waals surface area contributed by atoms with E-state index < -0.39 is 8.22 Å². The Morgan fingerprint density at radius 3 is 1.30 bits per heavy atom. The average molecular weight is 417 g/mol. The molecule has 0 amide bonds. The molecular formula is C21H46N4P2. The predicted octanol–water partition coefficient (Wildman–Crippen LogP) is 5.92. The number of nitrogens with zero attached hydrogens (tertiary/aromatic N) is 4. The van der Waals surface area contributed by atoms with Crippen molar-refractivity contribution in [3.63, 3.8) is 0 Å². The Morgan fingerprint density at radius 2 is 1.04 bits per heavy atom. The second kappa shape index (κ2) is 11.0. The summed E-state index contributed by atoms with van der Waals surface area (Å²) in [7, 11) is 0.947. The highest BCUT2D eigenvalue weighted by Gasteiger charge is 2.41. The minimum atomic E-state index is -0.445. The summed E-state index contributed by atoms with van der Waals surface area (Å²) in [6.45, 7) is 30.6. The van der Waals surface area contributed by atoms with Crippen molar-refractivity contribution in [2.45, 2.75) is 119 Å². The van der Waals surface area contributed by atoms with Crippen molar-refractivity contribution in [2.24, 2.45) is 0 Å². The summed E-state index contributed by atoms with van der Waals surface area (Å²) in [5, 5.41) is 1.62. The Labute approximate surface area is 173 Å². The zero-order valence-electron chi connectivity index (χ0n) is 20.1. The van der Waals surface area contributed by atoms with Gasteiger partial charge in [0, 0.05) is 57.7 Å². The number of hydrogen-bond donors (Lipinski definition) is 0. The van der Waals surface area contributed by atoms with E-state index in [1.807, 2.05) is 0 Å². The Balaban J connectivity index is 3.58. The molecule has 0 radical (unpaired) electrons. The SMILES string of the molecule is CC(C)N(P=C(N(C(C)C)C(C)C)P1N(C(C)C)CCN1C(C)C)C(C)C. The highest BCUT2D eigenvalue weighted by Crippen LogP contribution is 2.55. The highest BCUT2D eigenvalue weighted by atomic mass is 31.2. The van der Waals surface area contributed by atoms with Crippen LogP contribution in [0.3, 0.4) is 0 Å². The van der Waals surface area contributed by atoms with E-state index in [9.17, 15) is 0 Å². The molecule has 0 bridgehead atoms. The van der Waals surface area contributed by atoms with Crippen LogP contribution in [0.1, 0.15) is 83.1 Å². The van der Waals surface area contributed by atoms with Crippen molar-refractivity contribution in [3.8, 4) is 0 Å². The molecular weight excluding hydrogens is 370 g/mol. The molecule has 0 aromatic carbocycles. The Morgan fingerprint density at radius 1 is 0.667 bits per heavy atom. The summed E-state index contributed by atoms with van der Waals surface area (Å²) >= 11 is 0. The normalized spacial score (nSPS) is 19.0. The maximum atomic E-state index is 2.77. The number of hydrogen-bond acceptors (Lipinski definition) is 3. The molecule has 6 heteroatoms. The molecule has 0 aromatic heterocycles. The fourth-order valence-electron chi connectivity index (χ4n) is 3.91. The topological polar surface area (TPSA) is 13.0 Å². The molecule has 1 rings (SSSR count). The monoisotopic (exact) mass is 416 g/mol. The Kier molecular flexibility index (Phi) is 10.4. The van der Waals surface area contributed by atoms with E-state index in [1.165, 1.54) is 21.4 Å². The third-order valence-corrected chi connectivity index (χ3v) is 10.3. The Hall–Kier alpha value is 0.440. The molecule has 4 nitrogen and oxygen atoms in total. The van der Waals surface area contributed by atoms with E-state index in [0.717, 1.165) is 0 Å². The Bertz CT molecular complexity index is 443. The molecule has 1 aliphatic rings. The third kappa shape index (κ3) is 6.46. The van der Waals surface area contributed by atoms with Gasteiger partial charge in [0.1, 0.15) is 0 Å². The lowest BCUT2D eigenvalue weighted by Crippen LogP contribution is -2.45. The maximum absolute atomic E-state index is 2.77. The van der Waals surface area contributed by atoms with E-state index in [0.29, 0.717) is 36.3 Å². The van der Waals surface area contributed by atoms with Crippen molar-refractivity contribution in [1.29, 1.82) is 0 Å². The molecule has 1 saturated heterocycles. The van der Waals surface area contributed by atoms with Crippen LogP contribution >= 0.6 is 16.6 Å². The van der Waals surface area contributed by atoms with Gasteiger partial charge in [0.25, 0.3) is 0 Å². The lowest BCUT2D eigenvalue weighted by atomic mass is 10.2. The minimum absolute atomic E-state index is 0.445. The minimum Gasteiger partial charge on any atom is -0.263 e. The first-order valence-corrected chi connectivity index (χ1v) is 13.0. The highest BCUT2D eigenvalue weighted by molar-refractivity contribution is 7.81. The van der Waals surface area contributed by atoms with Gasteiger partial charge in [-0.15, -0.1) is 0 Å². The molecule has 0 aromatic rings. The summed E-state index contributed by atoms with van der Waals surface area (Å²) in [4.78, 5) is 2.71. The van der Waals surface area contributed by atoms with Gasteiger partial charge in [0.05, 0.1) is 13.4 Å². The quantitative estimate of drug-likeness (QED) is 0.433. The first kappa shape index (κ1) is 25.5. The van der Waals surface area contributed by atoms with Crippen molar-refractivity contribution in [2.75, 3.05) is 13.1 Å². The predicted molar refractivity (Wildman–Crippen MR) is 127 cm³/mol. The van der Waals surface area contributed by atoms with Crippen molar-refractivity contribution < 1.29 is 0 Å². The van der Waals surface area contributed by atoms with E-state index in [-0.39, 0.29) is 0 Å². The first-order chi connectivity index (χ1) is 12.4. The van der Waals surface area contributed by atoms with Gasteiger partial charge in [-0.25, -0.2) is 0 Å². The fourth-order valence-corrected chi connectivity index (χ4v) is 9.32. The third-order valence-electron chi connectivity index (χ3n) is 5.02. The lowest BCUT2D eigenvalue weighted by Gasteiger charge is -2.43. The van der Waals surface area contributed by atoms with Crippen LogP contribution in [0.2, 0.25) is 0 Å². The van der Waals surface area contributed by atoms with Gasteiger partial charge in [-0.1, -0.05) is 0 Å². The van der Waals surface area contributed by atoms with Gasteiger partial charge in [-0.2, -0.15) is 0 Å². The standard InChI is InChI=1S/C21H46N4P2/c1-15(2)22-13-14-23(16(3)4)27(22)21(24(17(5)6)18(7)8)26-25(19(9)10)20(11)12/h15-20H,13-14H2,1-12H3. The molecule has 0 aliphatic carbocycles. The molecule has 0 unspecified atom stereocenters. The second-order valence-electron chi connectivity index (χ2n) is 9.37. The molecule has 0 atom stereocenters. The second-order valence-corrected chi connectivity index (χ2v) is 12.8. The van der Waals surface area contributed by atoms with Gasteiger partial charge in [-0.3, -0.25) is 18.9 Å². The van der Waals surface area contributed by atoms with Crippen LogP contribution in [0.5, 0.6) is 0 Å². The van der Waals surface area contributed by atoms with Crippen LogP contribution < -0.4 is 0 Å². The summed E-state index contributed by atoms with van der Waals surface area (Å²) in [6, 6.07) is 3.27. The smallest absolute Gasteiger partial charge is 0.0906 e. The van der Waals surface area contributed by atoms with Crippen LogP contribution in [0.15, 0.2) is 0 Å². The van der Waals surface area contributed by atoms with Crippen molar-refractivity contribution in [3.05, 3.63) is 0 Å². The van der Waals surface area contributed by atoms with E-state index in [1.54, 1.807) is 5.16 Å². The molecule has 27 heavy (non-hydrogen) atoms. The fraction of sp³-hybridized carbons (Fsp3) is 0.952. The van der Waals surface area contributed by atoms with Crippen LogP contribution in [0.4, 0.5) is 0 Å². The summed E-state index contributed by atoms with van der Waals surface area (Å²) in [5.74, 6) is 0. The van der Waals surface area contributed by atoms with Gasteiger partial charge in [0.2, 0.25) is 0 Å². The van der Waals surface area contributed by atoms with E-state index in [2.05, 4.69) is 102 Å². The molecule has 1 fully saturated rings. The van der Waals surface area contributed by atoms with Gasteiger partial charge >= 0.3 is 0 Å². The molecule has 0 N–H and O–H groups in total. The lowest BCUT2D eigenvalue weighted by molar-refractivity contribution is 0.296. The molecule has 0 spiro atoms. The largest absolute Gasteiger partial charge is 0.263 e. The zero-order chi connectivity index (χ0) is 21.0. The van der Waals surface area contributed by atoms with Crippen LogP contribution in [0, 0.1) is 0 Å². The first-order valence-electron chi connectivity index (χ1n) is 10.9. The van der Waals surface area contributed by atoms with Gasteiger partial charge in [0.15, 0.2) is 0 Å². The molecule has 1 aliphatic heterocycles. The summed E-state index contributed by atoms with van der Waals surface area (Å²) in [5.41, 5.74) is 0. The average Bonchev–Trinajstić information content (AvgIpc) is 2.94. The summed E-state index contributed by atoms with van der Waals surface area (Å²) in [6.07, 6.45) is 0. The van der Waals surface area contributed by atoms with Crippen LogP contribution in [-0.2, 0) is 0 Å². The molecule has 0 saturated carbocycles. The molecule has 1 heterocycles. The number of rotatable bonds is 9. The zero-order valence-corrected chi connectivity index (χ0v) is 21.9. The van der Waals surface area contributed by atoms with Gasteiger partial charge < -0.3 is 0 Å². The van der Waals surface area contributed by atoms with Crippen molar-refractivity contribution in [1.82, 2.24) is 18.9 Å². The van der Waals surface area contributed by atoms with Crippen LogP contribution in [-0.4, -0.2) is 73.4 Å². The summed E-state index contributed by atoms with van der Waals surface area (Å²) < 4.78 is 8.19. The molecule has 160 valence electrons. The van der Waals surface area contributed by atoms with E-state index in [4.69, 9.17) is 0 Å². The van der Waals surface area contributed by atoms with Gasteiger partial charge in [-0.05, 0) is 83.1 Å². The van der Waals surface area contributed by atoms with Crippen LogP contribution in [0.25, 0.3) is 0 Å².